The molecule has 0 aromatic heterocycles. The number of sulfonamides is 1. The van der Waals surface area contributed by atoms with Gasteiger partial charge in [0.1, 0.15) is 0 Å². The second-order valence-electron chi connectivity index (χ2n) is 5.16. The van der Waals surface area contributed by atoms with Crippen LogP contribution < -0.4 is 16.2 Å². The van der Waals surface area contributed by atoms with Crippen molar-refractivity contribution in [3.8, 4) is 0 Å². The molecule has 2 aromatic rings. The molecule has 0 aliphatic heterocycles. The average Bonchev–Trinajstić information content (AvgIpc) is 2.64. The molecular formula is C16H17N5O4S. The van der Waals surface area contributed by atoms with E-state index in [2.05, 4.69) is 21.2 Å². The Morgan fingerprint density at radius 1 is 1.12 bits per heavy atom. The number of hydrogen-bond acceptors (Lipinski definition) is 7. The number of aryl methyl sites for hydroxylation is 1. The number of amides is 1. The fourth-order valence-electron chi connectivity index (χ4n) is 1.96. The van der Waals surface area contributed by atoms with Gasteiger partial charge in [-0.25, -0.2) is 10.3 Å². The fourth-order valence-corrected chi connectivity index (χ4v) is 3.07. The van der Waals surface area contributed by atoms with Gasteiger partial charge < -0.3 is 0 Å². The molecule has 136 valence electrons. The standard InChI is InChI=1S/C16H17N5O4S/c1-12-2-9-15(10-3-12)26(23,24)21(17)14-7-4-13(5-8-14)6-11-16(22)19-20-25-18/h2-11H,17-18H2,1H3/b11-6+,20-19?. The van der Waals surface area contributed by atoms with Crippen molar-refractivity contribution in [2.45, 2.75) is 11.8 Å². The zero-order valence-electron chi connectivity index (χ0n) is 13.8. The van der Waals surface area contributed by atoms with Gasteiger partial charge >= 0.3 is 0 Å². The molecule has 0 unspecified atom stereocenters. The van der Waals surface area contributed by atoms with Gasteiger partial charge in [-0.2, -0.15) is 8.42 Å². The third-order valence-electron chi connectivity index (χ3n) is 3.33. The summed E-state index contributed by atoms with van der Waals surface area (Å²) in [5, 5.41) is 6.01. The van der Waals surface area contributed by atoms with Crippen LogP contribution in [0, 0.1) is 6.92 Å². The topological polar surface area (TPSA) is 140 Å². The minimum absolute atomic E-state index is 0.0904. The molecule has 10 heteroatoms. The van der Waals surface area contributed by atoms with Crippen LogP contribution in [0.1, 0.15) is 11.1 Å². The Kier molecular flexibility index (Phi) is 6.17. The van der Waals surface area contributed by atoms with Crippen LogP contribution >= 0.6 is 0 Å². The lowest BCUT2D eigenvalue weighted by Crippen LogP contribution is -2.37. The first-order valence-electron chi connectivity index (χ1n) is 7.30. The van der Waals surface area contributed by atoms with Gasteiger partial charge in [-0.15, -0.1) is 5.90 Å². The number of nitrogens with two attached hydrogens (primary N) is 2. The van der Waals surface area contributed by atoms with E-state index in [9.17, 15) is 13.2 Å². The Morgan fingerprint density at radius 3 is 2.31 bits per heavy atom. The van der Waals surface area contributed by atoms with Crippen molar-refractivity contribution in [2.75, 3.05) is 4.41 Å². The SMILES string of the molecule is Cc1ccc(S(=O)(=O)N(N)c2ccc(/C=C/C(=O)N=NON)cc2)cc1. The summed E-state index contributed by atoms with van der Waals surface area (Å²) in [7, 11) is -3.87. The molecule has 4 N–H and O–H groups in total. The predicted octanol–water partition coefficient (Wildman–Crippen LogP) is 1.86. The van der Waals surface area contributed by atoms with Gasteiger partial charge in [0.25, 0.3) is 15.9 Å². The van der Waals surface area contributed by atoms with E-state index >= 15 is 0 Å². The lowest BCUT2D eigenvalue weighted by atomic mass is 10.2. The first-order chi connectivity index (χ1) is 12.3. The summed E-state index contributed by atoms with van der Waals surface area (Å²) in [6.45, 7) is 1.86. The maximum Gasteiger partial charge on any atom is 0.291 e. The summed E-state index contributed by atoms with van der Waals surface area (Å²) < 4.78 is 25.8. The van der Waals surface area contributed by atoms with Crippen LogP contribution in [0.3, 0.4) is 0 Å². The molecular weight excluding hydrogens is 358 g/mol. The number of carbonyl (C=O) groups excluding carboxylic acids is 1. The first kappa shape index (κ1) is 19.2. The summed E-state index contributed by atoms with van der Waals surface area (Å²) in [6.07, 6.45) is 2.62. The normalized spacial score (nSPS) is 11.8. The van der Waals surface area contributed by atoms with E-state index in [-0.39, 0.29) is 10.6 Å². The molecule has 26 heavy (non-hydrogen) atoms. The number of hydrazine groups is 1. The summed E-state index contributed by atoms with van der Waals surface area (Å²) in [4.78, 5) is 15.2. The van der Waals surface area contributed by atoms with Gasteiger partial charge in [0, 0.05) is 6.08 Å². The molecule has 0 heterocycles. The highest BCUT2D eigenvalue weighted by Crippen LogP contribution is 2.21. The zero-order valence-corrected chi connectivity index (χ0v) is 14.6. The minimum atomic E-state index is -3.87. The summed E-state index contributed by atoms with van der Waals surface area (Å²) >= 11 is 0. The second-order valence-corrected chi connectivity index (χ2v) is 6.98. The Morgan fingerprint density at radius 2 is 1.73 bits per heavy atom. The molecule has 1 amide bonds. The number of rotatable bonds is 6. The summed E-state index contributed by atoms with van der Waals surface area (Å²) in [5.74, 6) is 9.74. The van der Waals surface area contributed by atoms with Crippen molar-refractivity contribution in [1.29, 1.82) is 0 Å². The molecule has 0 aliphatic rings. The average molecular weight is 375 g/mol. The predicted molar refractivity (Wildman–Crippen MR) is 95.6 cm³/mol. The van der Waals surface area contributed by atoms with E-state index in [0.717, 1.165) is 11.6 Å². The molecule has 0 bridgehead atoms. The highest BCUT2D eigenvalue weighted by molar-refractivity contribution is 7.92. The largest absolute Gasteiger partial charge is 0.291 e. The fraction of sp³-hybridized carbons (Fsp3) is 0.0625. The van der Waals surface area contributed by atoms with Crippen LogP contribution in [-0.4, -0.2) is 14.3 Å². The van der Waals surface area contributed by atoms with Crippen molar-refractivity contribution < 1.29 is 18.2 Å². The molecule has 0 atom stereocenters. The van der Waals surface area contributed by atoms with Crippen molar-refractivity contribution in [1.82, 2.24) is 0 Å². The highest BCUT2D eigenvalue weighted by Gasteiger charge is 2.21. The van der Waals surface area contributed by atoms with E-state index in [4.69, 9.17) is 5.84 Å². The van der Waals surface area contributed by atoms with Gasteiger partial charge in [-0.05, 0) is 42.8 Å². The van der Waals surface area contributed by atoms with Crippen LogP contribution in [0.15, 0.2) is 69.9 Å². The number of nitrogens with zero attached hydrogens (tertiary/aromatic N) is 3. The Labute approximate surface area is 150 Å². The maximum absolute atomic E-state index is 12.5. The smallest absolute Gasteiger partial charge is 0.282 e. The van der Waals surface area contributed by atoms with Crippen molar-refractivity contribution in [2.24, 2.45) is 22.1 Å². The highest BCUT2D eigenvalue weighted by atomic mass is 32.2. The maximum atomic E-state index is 12.5. The molecule has 0 saturated heterocycles. The Bertz CT molecular complexity index is 922. The summed E-state index contributed by atoms with van der Waals surface area (Å²) in [6, 6.07) is 12.6. The molecule has 0 radical (unpaired) electrons. The van der Waals surface area contributed by atoms with E-state index in [1.165, 1.54) is 30.3 Å². The number of benzene rings is 2. The third-order valence-corrected chi connectivity index (χ3v) is 4.93. The van der Waals surface area contributed by atoms with Crippen LogP contribution in [0.5, 0.6) is 0 Å². The number of hydrogen-bond donors (Lipinski definition) is 2. The monoisotopic (exact) mass is 375 g/mol. The van der Waals surface area contributed by atoms with Crippen LogP contribution in [0.25, 0.3) is 6.08 Å². The van der Waals surface area contributed by atoms with Crippen molar-refractivity contribution in [3.05, 3.63) is 65.7 Å². The number of carbonyl (C=O) groups is 1. The Hall–Kier alpha value is -3.08. The van der Waals surface area contributed by atoms with Gasteiger partial charge in [-0.1, -0.05) is 34.9 Å². The summed E-state index contributed by atoms with van der Waals surface area (Å²) in [5.41, 5.74) is 1.84. The quantitative estimate of drug-likeness (QED) is 0.342. The van der Waals surface area contributed by atoms with Gasteiger partial charge in [0.2, 0.25) is 0 Å². The van der Waals surface area contributed by atoms with Crippen LogP contribution in [0.4, 0.5) is 5.69 Å². The molecule has 2 aromatic carbocycles. The van der Waals surface area contributed by atoms with E-state index in [1.807, 2.05) is 6.92 Å². The minimum Gasteiger partial charge on any atom is -0.282 e. The molecule has 0 fully saturated rings. The lowest BCUT2D eigenvalue weighted by Gasteiger charge is -2.19. The van der Waals surface area contributed by atoms with Crippen LogP contribution in [-0.2, 0) is 19.8 Å². The zero-order chi connectivity index (χ0) is 19.2. The van der Waals surface area contributed by atoms with E-state index in [1.54, 1.807) is 24.3 Å². The molecule has 2 rings (SSSR count). The van der Waals surface area contributed by atoms with Gasteiger partial charge in [-0.3, -0.25) is 9.73 Å². The van der Waals surface area contributed by atoms with E-state index in [0.29, 0.717) is 9.98 Å². The molecule has 0 aliphatic carbocycles. The van der Waals surface area contributed by atoms with Crippen molar-refractivity contribution in [3.63, 3.8) is 0 Å². The number of anilines is 1. The van der Waals surface area contributed by atoms with Crippen LogP contribution in [0.2, 0.25) is 0 Å². The van der Waals surface area contributed by atoms with Gasteiger partial charge in [0.05, 0.1) is 15.9 Å². The second kappa shape index (κ2) is 8.34. The third kappa shape index (κ3) is 4.72. The van der Waals surface area contributed by atoms with Gasteiger partial charge in [0.15, 0.2) is 0 Å². The Balaban J connectivity index is 2.16. The van der Waals surface area contributed by atoms with E-state index < -0.39 is 15.9 Å². The lowest BCUT2D eigenvalue weighted by molar-refractivity contribution is -0.114. The molecule has 0 spiro atoms. The molecule has 9 nitrogen and oxygen atoms in total. The first-order valence-corrected chi connectivity index (χ1v) is 8.74. The van der Waals surface area contributed by atoms with Crippen molar-refractivity contribution >= 4 is 27.7 Å². The molecule has 0 saturated carbocycles.